The maximum absolute atomic E-state index is 9.85. The number of fused-ring (bicyclic) bond motifs is 7. The van der Waals surface area contributed by atoms with Gasteiger partial charge in [0.15, 0.2) is 0 Å². The van der Waals surface area contributed by atoms with Crippen LogP contribution in [0.1, 0.15) is 65.8 Å². The van der Waals surface area contributed by atoms with Crippen molar-refractivity contribution in [2.45, 2.75) is 0 Å². The first-order chi connectivity index (χ1) is 69.6. The molecule has 0 aliphatic carbocycles. The molecule has 0 saturated carbocycles. The van der Waals surface area contributed by atoms with E-state index < -0.39 is 332 Å². The molecule has 0 heterocycles. The first-order valence-corrected chi connectivity index (χ1v) is 30.6. The van der Waals surface area contributed by atoms with Gasteiger partial charge >= 0.3 is 0 Å². The third-order valence-corrected chi connectivity index (χ3v) is 16.6. The van der Waals surface area contributed by atoms with Gasteiger partial charge in [-0.3, -0.25) is 0 Å². The molecule has 0 spiro atoms. The molecule has 0 bridgehead atoms. The molecule has 0 aromatic heterocycles. The lowest BCUT2D eigenvalue weighted by Crippen LogP contribution is -1.91. The van der Waals surface area contributed by atoms with Crippen LogP contribution in [-0.2, 0) is 0 Å². The van der Waals surface area contributed by atoms with E-state index in [0.717, 1.165) is 17.2 Å². The SMILES string of the molecule is [2H]c1c([2H])c([2H])c(-c2c3ccccc3c(-c3c([2H])c([2H])c([2H])c([2H])c3[2H])c3cc(-c4ccccc4)ccc23)c([2H])c1[2H].[2H]c1c([2H])c([2H])c(-c2ccc3c(-c4c([2H])c([2H])c([2H])c([2H])c4[2H])c4ccccc4c(-c4c([2H])c([2H])c([2H])c([2H])c4[2H])c3c2)c([2H])c1[2H].[2H]c1cc(-c2c([2H])c([2H])c3c(-c4c([2H])c([2H])c([2H])c([2H])c4[2H])c4c([2H])c([2H])c([2H])c([2H])c4c(-c4c([2H])c([2H])c([2H])c([2H])c4[2H])c3c2[2H])c2c([2H])c([2H])c([2H])c([2H])c2c1[2H]. The van der Waals surface area contributed by atoms with Crippen molar-refractivity contribution in [1.82, 2.24) is 0 Å². The number of rotatable bonds is 9. The Hall–Kier alpha value is -13.0. The lowest BCUT2D eigenvalue weighted by Gasteiger charge is -2.19. The van der Waals surface area contributed by atoms with Crippen LogP contribution in [0.2, 0.25) is 0 Å². The van der Waals surface area contributed by atoms with Crippen LogP contribution in [-0.4, -0.2) is 0 Å². The van der Waals surface area contributed by atoms with Gasteiger partial charge in [-0.05, 0) is 194 Å². The molecule has 19 rings (SSSR count). The molecule has 0 radical (unpaired) electrons. The van der Waals surface area contributed by atoms with Crippen LogP contribution in [0.25, 0.3) is 176 Å². The molecule has 0 aliphatic rings. The molecule has 0 fully saturated rings. The molecule has 19 aromatic carbocycles. The normalized spacial score (nSPS) is 17.9. The van der Waals surface area contributed by atoms with E-state index in [0.29, 0.717) is 43.4 Å². The largest absolute Gasteiger partial charge is 0.0636 e. The van der Waals surface area contributed by atoms with Crippen LogP contribution >= 0.6 is 0 Å². The summed E-state index contributed by atoms with van der Waals surface area (Å²) in [6.07, 6.45) is 0. The van der Waals surface area contributed by atoms with Gasteiger partial charge in [-0.2, -0.15) is 0 Å². The van der Waals surface area contributed by atoms with Gasteiger partial charge in [0.1, 0.15) is 0 Å². The number of benzene rings is 19. The number of hydrogen-bond donors (Lipinski definition) is 0. The van der Waals surface area contributed by atoms with Gasteiger partial charge in [-0.1, -0.05) is 393 Å². The van der Waals surface area contributed by atoms with E-state index in [1.54, 1.807) is 54.6 Å². The van der Waals surface area contributed by atoms with E-state index in [1.165, 1.54) is 18.2 Å². The van der Waals surface area contributed by atoms with Crippen molar-refractivity contribution in [2.24, 2.45) is 0 Å². The van der Waals surface area contributed by atoms with Gasteiger partial charge < -0.3 is 0 Å². The van der Waals surface area contributed by atoms with E-state index in [2.05, 4.69) is 0 Å². The molecule has 0 saturated heterocycles. The second-order valence-electron chi connectivity index (χ2n) is 22.1. The minimum atomic E-state index is -0.953. The average Bonchev–Trinajstić information content (AvgIpc) is 0.686. The fourth-order valence-corrected chi connectivity index (χ4v) is 12.5. The van der Waals surface area contributed by atoms with Crippen LogP contribution in [0, 0.1) is 0 Å². The van der Waals surface area contributed by atoms with E-state index in [4.69, 9.17) is 60.3 Å². The summed E-state index contributed by atoms with van der Waals surface area (Å²) >= 11 is 0. The summed E-state index contributed by atoms with van der Waals surface area (Å²) in [5.41, 5.74) is -1.18. The van der Waals surface area contributed by atoms with Gasteiger partial charge in [0.25, 0.3) is 0 Å². The van der Waals surface area contributed by atoms with Gasteiger partial charge in [0, 0.05) is 0 Å². The molecule has 0 nitrogen and oxygen atoms in total. The summed E-state index contributed by atoms with van der Waals surface area (Å²) in [6.45, 7) is 0. The Morgan fingerprint density at radius 2 is 0.450 bits per heavy atom. The number of hydrogen-bond acceptors (Lipinski definition) is 0. The van der Waals surface area contributed by atoms with Crippen molar-refractivity contribution in [2.75, 3.05) is 0 Å². The Morgan fingerprint density at radius 1 is 0.150 bits per heavy atom. The van der Waals surface area contributed by atoms with Crippen LogP contribution in [0.15, 0.2) is 411 Å². The van der Waals surface area contributed by atoms with Crippen LogP contribution in [0.5, 0.6) is 0 Å². The molecule has 19 aromatic rings. The van der Waals surface area contributed by atoms with Gasteiger partial charge in [-0.15, -0.1) is 0 Å². The lowest BCUT2D eigenvalue weighted by atomic mass is 9.84. The van der Waals surface area contributed by atoms with Gasteiger partial charge in [0.2, 0.25) is 0 Å². The predicted octanol–water partition coefficient (Wildman–Crippen LogP) is 28.1. The first kappa shape index (κ1) is 28.2. The Bertz CT molecular complexity index is 9030. The standard InChI is InChI=1S/C36H24.2C32H22/c1-3-13-26(14-4-1)35-31-19-9-10-20-32(31)36(27-15-5-2-6-16-27)34-24-28(22-23-33(34)35)30-21-11-17-25-12-7-8-18-29(25)30;2*1-4-12-23(13-5-1)26-20-21-29-30(22-26)32(25-16-8-3-9-17-25)28-19-11-10-18-27(28)31(29)24-14-6-2-7-15-24/h1-24H;2*1-22H/i1D,2D,3D,4D,5D,6D,7D,8D,9D,10D,11D,12D,13D,14D,15D,16D,17D,18D,19D,20D,22D,23D,24D;1D,2D,3D,4D,5D,6D,7D,8D,9D,12D,13D,14D,15D,16D,17D;2D,3D,6D,7D,8D,9D,14D,15D,16D,17D. The summed E-state index contributed by atoms with van der Waals surface area (Å²) in [4.78, 5) is 0. The van der Waals surface area contributed by atoms with E-state index in [1.807, 2.05) is 42.5 Å². The fraction of sp³-hybridized carbons (Fsp3) is 0. The summed E-state index contributed by atoms with van der Waals surface area (Å²) in [6, 6.07) is 1.87. The van der Waals surface area contributed by atoms with Crippen LogP contribution in [0.4, 0.5) is 0 Å². The molecule has 0 unspecified atom stereocenters. The quantitative estimate of drug-likeness (QED) is 0.126. The van der Waals surface area contributed by atoms with E-state index >= 15 is 0 Å². The van der Waals surface area contributed by atoms with Gasteiger partial charge in [-0.25, -0.2) is 0 Å². The second-order valence-corrected chi connectivity index (χ2v) is 22.1. The van der Waals surface area contributed by atoms with Crippen molar-refractivity contribution in [1.29, 1.82) is 0 Å². The topological polar surface area (TPSA) is 0 Å². The maximum Gasteiger partial charge on any atom is 0.0636 e. The maximum atomic E-state index is 9.85. The van der Waals surface area contributed by atoms with Crippen molar-refractivity contribution < 1.29 is 65.8 Å². The highest BCUT2D eigenvalue weighted by Crippen LogP contribution is 2.49. The Morgan fingerprint density at radius 3 is 0.870 bits per heavy atom. The minimum absolute atomic E-state index is 0.0278. The lowest BCUT2D eigenvalue weighted by molar-refractivity contribution is 1.63. The Labute approximate surface area is 651 Å². The van der Waals surface area contributed by atoms with Crippen molar-refractivity contribution in [3.8, 4) is 100 Å². The molecule has 468 valence electrons. The van der Waals surface area contributed by atoms with Crippen LogP contribution in [0.3, 0.4) is 0 Å². The second kappa shape index (κ2) is 27.3. The highest BCUT2D eigenvalue weighted by atomic mass is 14.2. The summed E-state index contributed by atoms with van der Waals surface area (Å²) in [5.74, 6) is 0. The molecule has 0 atom stereocenters. The van der Waals surface area contributed by atoms with Crippen molar-refractivity contribution in [3.63, 3.8) is 0 Å². The molecular weight excluding hydrogens is 1200 g/mol. The first-order valence-electron chi connectivity index (χ1n) is 54.6. The monoisotopic (exact) mass is 1320 g/mol. The summed E-state index contributed by atoms with van der Waals surface area (Å²) in [7, 11) is 0. The molecule has 0 heteroatoms. The van der Waals surface area contributed by atoms with Crippen LogP contribution < -0.4 is 0 Å². The Kier molecular flexibility index (Phi) is 7.69. The highest BCUT2D eigenvalue weighted by molar-refractivity contribution is 6.25. The van der Waals surface area contributed by atoms with E-state index in [-0.39, 0.29) is 79.4 Å². The summed E-state index contributed by atoms with van der Waals surface area (Å²) < 4.78 is 413. The van der Waals surface area contributed by atoms with Crippen molar-refractivity contribution >= 4 is 75.4 Å². The van der Waals surface area contributed by atoms with Crippen molar-refractivity contribution in [3.05, 3.63) is 411 Å². The molecule has 0 amide bonds. The third-order valence-electron chi connectivity index (χ3n) is 16.6. The summed E-state index contributed by atoms with van der Waals surface area (Å²) in [5, 5.41) is -0.297. The third kappa shape index (κ3) is 11.5. The molecule has 100 heavy (non-hydrogen) atoms. The highest BCUT2D eigenvalue weighted by Gasteiger charge is 2.21. The molecule has 0 aliphatic heterocycles. The van der Waals surface area contributed by atoms with E-state index in [9.17, 15) is 5.48 Å². The zero-order valence-corrected chi connectivity index (χ0v) is 51.5. The zero-order chi connectivity index (χ0) is 108. The molecular formula is C100H68. The minimum Gasteiger partial charge on any atom is -0.0622 e. The predicted molar refractivity (Wildman–Crippen MR) is 431 cm³/mol. The smallest absolute Gasteiger partial charge is 0.0622 e. The molecule has 0 N–H and O–H groups in total. The average molecular weight is 1320 g/mol. The van der Waals surface area contributed by atoms with Gasteiger partial charge in [0.05, 0.1) is 65.8 Å². The zero-order valence-electron chi connectivity index (χ0n) is 99.5. The Balaban J connectivity index is 0.000000154. The fourth-order valence-electron chi connectivity index (χ4n) is 12.5.